The summed E-state index contributed by atoms with van der Waals surface area (Å²) in [6.07, 6.45) is 0. The lowest BCUT2D eigenvalue weighted by Crippen LogP contribution is -3.43. The Morgan fingerprint density at radius 3 is 2.13 bits per heavy atom. The number of rotatable bonds is 11. The van der Waals surface area contributed by atoms with Gasteiger partial charge < -0.3 is 36.8 Å². The van der Waals surface area contributed by atoms with Crippen LogP contribution < -0.4 is 27.3 Å². The second-order valence-corrected chi connectivity index (χ2v) is 11.6. The zero-order valence-corrected chi connectivity index (χ0v) is 21.9. The second-order valence-electron chi connectivity index (χ2n) is 6.56. The van der Waals surface area contributed by atoms with Gasteiger partial charge in [-0.15, -0.1) is 0 Å². The third-order valence-electron chi connectivity index (χ3n) is 3.97. The molecule has 2 aromatic rings. The van der Waals surface area contributed by atoms with Gasteiger partial charge in [-0.3, -0.25) is 4.79 Å². The van der Waals surface area contributed by atoms with Crippen LogP contribution in [0.3, 0.4) is 0 Å². The Morgan fingerprint density at radius 1 is 1.03 bits per heavy atom. The predicted octanol–water partition coefficient (Wildman–Crippen LogP) is 0.790. The van der Waals surface area contributed by atoms with E-state index in [0.29, 0.717) is 24.2 Å². The molecule has 0 saturated heterocycles. The molecule has 0 aromatic heterocycles. The Hall–Kier alpha value is -0.920. The minimum atomic E-state index is -3.77. The molecule has 9 heteroatoms. The lowest BCUT2D eigenvalue weighted by Gasteiger charge is -2.34. The summed E-state index contributed by atoms with van der Waals surface area (Å²) in [6.45, 7) is 5.34. The molecule has 0 amide bonds. The summed E-state index contributed by atoms with van der Waals surface area (Å²) in [5.41, 5.74) is 1.79. The number of benzene rings is 2. The smallest absolute Gasteiger partial charge is 0.320 e. The standard InChI is InChI=1S/C21H24I2O6S/c1-3-27-12-13-28-18-8-4-16(5-9-18)17-6-10-19(11-7-17)30(25,26)14-20(24)29-21(2,23)15-22/h4-11H,3,12-15H2,1-2H3/q-1. The molecule has 0 aliphatic carbocycles. The van der Waals surface area contributed by atoms with E-state index in [2.05, 4.69) is 22.6 Å². The maximum atomic E-state index is 12.5. The van der Waals surface area contributed by atoms with Crippen LogP contribution in [-0.4, -0.2) is 48.0 Å². The van der Waals surface area contributed by atoms with Crippen LogP contribution in [0.5, 0.6) is 5.75 Å². The van der Waals surface area contributed by atoms with Crippen LogP contribution in [0.2, 0.25) is 0 Å². The topological polar surface area (TPSA) is 78.9 Å². The number of ether oxygens (including phenoxy) is 3. The Labute approximate surface area is 204 Å². The van der Waals surface area contributed by atoms with E-state index in [1.165, 1.54) is 12.1 Å². The number of halogens is 2. The van der Waals surface area contributed by atoms with Gasteiger partial charge in [0.1, 0.15) is 12.4 Å². The van der Waals surface area contributed by atoms with Crippen LogP contribution in [0.4, 0.5) is 0 Å². The van der Waals surface area contributed by atoms with E-state index >= 15 is 0 Å². The van der Waals surface area contributed by atoms with Crippen molar-refractivity contribution >= 4 is 38.4 Å². The lowest BCUT2D eigenvalue weighted by molar-refractivity contribution is -0.527. The van der Waals surface area contributed by atoms with Crippen LogP contribution in [0.15, 0.2) is 53.4 Å². The highest BCUT2D eigenvalue weighted by molar-refractivity contribution is 14.1. The molecule has 0 aliphatic heterocycles. The highest BCUT2D eigenvalue weighted by Crippen LogP contribution is 2.24. The van der Waals surface area contributed by atoms with E-state index in [4.69, 9.17) is 14.2 Å². The number of carbonyl (C=O) groups excluding carboxylic acids is 1. The first-order chi connectivity index (χ1) is 14.2. The number of hydrogen-bond acceptors (Lipinski definition) is 6. The number of hydrogen-bond donors (Lipinski definition) is 0. The van der Waals surface area contributed by atoms with Gasteiger partial charge in [0.15, 0.2) is 15.6 Å². The zero-order chi connectivity index (χ0) is 22.2. The van der Waals surface area contributed by atoms with Crippen molar-refractivity contribution in [1.29, 1.82) is 0 Å². The zero-order valence-electron chi connectivity index (χ0n) is 16.8. The molecule has 6 nitrogen and oxygen atoms in total. The predicted molar refractivity (Wildman–Crippen MR) is 119 cm³/mol. The Bertz CT molecular complexity index is 925. The molecular formula is C21H24I2O6S-. The van der Waals surface area contributed by atoms with Crippen LogP contribution in [0.25, 0.3) is 11.1 Å². The molecular weight excluding hydrogens is 634 g/mol. The first-order valence-corrected chi connectivity index (χ1v) is 13.5. The highest BCUT2D eigenvalue weighted by atomic mass is 127. The SMILES string of the molecule is CCOCCOc1ccc(-c2ccc(S(=O)(=O)CC(=O)OC(C)([I-])CI)cc2)cc1. The van der Waals surface area contributed by atoms with Crippen LogP contribution >= 0.6 is 22.6 Å². The first kappa shape index (κ1) is 25.3. The van der Waals surface area contributed by atoms with E-state index in [9.17, 15) is 13.2 Å². The monoisotopic (exact) mass is 658 g/mol. The van der Waals surface area contributed by atoms with Crippen molar-refractivity contribution in [1.82, 2.24) is 0 Å². The Balaban J connectivity index is 2.02. The van der Waals surface area contributed by atoms with Crippen LogP contribution in [-0.2, 0) is 24.1 Å². The third kappa shape index (κ3) is 7.97. The summed E-state index contributed by atoms with van der Waals surface area (Å²) in [6, 6.07) is 14.0. The number of esters is 1. The molecule has 0 aliphatic rings. The Kier molecular flexibility index (Phi) is 9.82. The molecule has 1 unspecified atom stereocenters. The molecule has 0 saturated carbocycles. The molecule has 0 spiro atoms. The van der Waals surface area contributed by atoms with Crippen LogP contribution in [0, 0.1) is 0 Å². The van der Waals surface area contributed by atoms with Gasteiger partial charge in [0.25, 0.3) is 0 Å². The highest BCUT2D eigenvalue weighted by Gasteiger charge is 2.23. The summed E-state index contributed by atoms with van der Waals surface area (Å²) < 4.78 is 40.9. The van der Waals surface area contributed by atoms with Gasteiger partial charge in [0, 0.05) is 14.6 Å². The third-order valence-corrected chi connectivity index (χ3v) is 9.10. The van der Waals surface area contributed by atoms with Crippen molar-refractivity contribution in [3.63, 3.8) is 0 Å². The molecule has 165 valence electrons. The number of carbonyl (C=O) groups is 1. The maximum Gasteiger partial charge on any atom is 0.320 e. The average Bonchev–Trinajstić information content (AvgIpc) is 2.71. The van der Waals surface area contributed by atoms with Gasteiger partial charge >= 0.3 is 5.97 Å². The second kappa shape index (κ2) is 11.6. The summed E-state index contributed by atoms with van der Waals surface area (Å²) in [4.78, 5) is 12.1. The van der Waals surface area contributed by atoms with Crippen molar-refractivity contribution in [3.8, 4) is 16.9 Å². The van der Waals surface area contributed by atoms with Crippen LogP contribution in [0.1, 0.15) is 13.8 Å². The van der Waals surface area contributed by atoms with Crippen molar-refractivity contribution in [3.05, 3.63) is 48.5 Å². The van der Waals surface area contributed by atoms with Crippen molar-refractivity contribution in [2.45, 2.75) is 22.4 Å². The average molecular weight is 658 g/mol. The largest absolute Gasteiger partial charge is 0.744 e. The van der Waals surface area contributed by atoms with Crippen molar-refractivity contribution < 1.29 is 50.0 Å². The minimum absolute atomic E-state index is 0.0868. The van der Waals surface area contributed by atoms with Gasteiger partial charge in [0.2, 0.25) is 0 Å². The van der Waals surface area contributed by atoms with E-state index in [0.717, 1.165) is 16.9 Å². The quantitative estimate of drug-likeness (QED) is 0.154. The van der Waals surface area contributed by atoms with Gasteiger partial charge in [-0.05, 0) is 49.2 Å². The van der Waals surface area contributed by atoms with E-state index < -0.39 is 25.2 Å². The van der Waals surface area contributed by atoms with E-state index in [1.807, 2.05) is 53.8 Å². The Morgan fingerprint density at radius 2 is 1.60 bits per heavy atom. The minimum Gasteiger partial charge on any atom is -0.744 e. The summed E-state index contributed by atoms with van der Waals surface area (Å²) in [5, 5.41) is 0. The van der Waals surface area contributed by atoms with Gasteiger partial charge in [-0.25, -0.2) is 8.42 Å². The molecule has 0 fully saturated rings. The molecule has 0 heterocycles. The van der Waals surface area contributed by atoms with Gasteiger partial charge in [-0.1, -0.05) is 46.9 Å². The first-order valence-electron chi connectivity index (χ1n) is 9.27. The summed E-state index contributed by atoms with van der Waals surface area (Å²) >= 11 is 4.07. The van der Waals surface area contributed by atoms with Gasteiger partial charge in [0.05, 0.1) is 11.5 Å². The van der Waals surface area contributed by atoms with E-state index in [-0.39, 0.29) is 4.90 Å². The van der Waals surface area contributed by atoms with Crippen molar-refractivity contribution in [2.24, 2.45) is 0 Å². The molecule has 30 heavy (non-hydrogen) atoms. The summed E-state index contributed by atoms with van der Waals surface area (Å²) in [7, 11) is -3.77. The molecule has 0 N–H and O–H groups in total. The fourth-order valence-electron chi connectivity index (χ4n) is 2.49. The van der Waals surface area contributed by atoms with Crippen molar-refractivity contribution in [2.75, 3.05) is 30.0 Å². The molecule has 2 aromatic carbocycles. The normalized spacial score (nSPS) is 13.5. The fraction of sp³-hybridized carbons (Fsp3) is 0.381. The molecule has 0 bridgehead atoms. The fourth-order valence-corrected chi connectivity index (χ4v) is 3.98. The maximum absolute atomic E-state index is 12.5. The molecule has 1 radical (unpaired) electrons. The lowest BCUT2D eigenvalue weighted by atomic mass is 10.1. The molecule has 1 atom stereocenters. The molecule has 2 rings (SSSR count). The number of alkyl halides is 2. The number of sulfone groups is 1. The van der Waals surface area contributed by atoms with Gasteiger partial charge in [-0.2, -0.15) is 0 Å². The van der Waals surface area contributed by atoms with E-state index in [1.54, 1.807) is 19.1 Å². The summed E-state index contributed by atoms with van der Waals surface area (Å²) in [5.74, 6) is -0.701.